The third kappa shape index (κ3) is 4.33. The monoisotopic (exact) mass is 333 g/mol. The number of aromatic carboxylic acids is 1. The van der Waals surface area contributed by atoms with Crippen molar-refractivity contribution < 1.29 is 23.1 Å². The minimum Gasteiger partial charge on any atom is -0.478 e. The van der Waals surface area contributed by atoms with Gasteiger partial charge in [0.05, 0.1) is 11.4 Å². The standard InChI is InChI=1S/C16H15NO5S/c1-2-11-23(20,21)17-13-8-4-6-10-15(13)22-14-9-5-3-7-12(14)16(18)19/h2-10,17H,1,11H2,(H,18,19). The van der Waals surface area contributed by atoms with Gasteiger partial charge in [-0.3, -0.25) is 4.72 Å². The molecular weight excluding hydrogens is 318 g/mol. The fourth-order valence-electron chi connectivity index (χ4n) is 1.86. The lowest BCUT2D eigenvalue weighted by Gasteiger charge is -2.14. The van der Waals surface area contributed by atoms with Crippen LogP contribution in [0.25, 0.3) is 0 Å². The van der Waals surface area contributed by atoms with Gasteiger partial charge < -0.3 is 9.84 Å². The van der Waals surface area contributed by atoms with Crippen molar-refractivity contribution in [1.29, 1.82) is 0 Å². The van der Waals surface area contributed by atoms with Crippen LogP contribution < -0.4 is 9.46 Å². The van der Waals surface area contributed by atoms with E-state index >= 15 is 0 Å². The van der Waals surface area contributed by atoms with Crippen LogP contribution in [0.4, 0.5) is 5.69 Å². The molecule has 0 radical (unpaired) electrons. The number of ether oxygens (including phenoxy) is 1. The average Bonchev–Trinajstić information content (AvgIpc) is 2.49. The second-order valence-electron chi connectivity index (χ2n) is 4.57. The first-order valence-corrected chi connectivity index (χ1v) is 8.29. The highest BCUT2D eigenvalue weighted by Gasteiger charge is 2.15. The molecular formula is C16H15NO5S. The molecule has 0 unspecified atom stereocenters. The van der Waals surface area contributed by atoms with E-state index in [2.05, 4.69) is 11.3 Å². The van der Waals surface area contributed by atoms with E-state index in [0.717, 1.165) is 0 Å². The number of carbonyl (C=O) groups is 1. The van der Waals surface area contributed by atoms with E-state index in [1.807, 2.05) is 0 Å². The molecule has 0 bridgehead atoms. The van der Waals surface area contributed by atoms with E-state index in [0.29, 0.717) is 0 Å². The number of para-hydroxylation sites is 3. The number of rotatable bonds is 7. The van der Waals surface area contributed by atoms with Crippen LogP contribution in [0.3, 0.4) is 0 Å². The Hall–Kier alpha value is -2.80. The van der Waals surface area contributed by atoms with Crippen molar-refractivity contribution >= 4 is 21.7 Å². The van der Waals surface area contributed by atoms with Gasteiger partial charge in [0.25, 0.3) is 0 Å². The van der Waals surface area contributed by atoms with E-state index < -0.39 is 16.0 Å². The minimum atomic E-state index is -3.59. The molecule has 0 spiro atoms. The molecule has 2 aromatic rings. The normalized spacial score (nSPS) is 10.8. The molecule has 2 aromatic carbocycles. The lowest BCUT2D eigenvalue weighted by Crippen LogP contribution is -2.15. The first kappa shape index (κ1) is 16.6. The number of carboxylic acid groups (broad SMARTS) is 1. The lowest BCUT2D eigenvalue weighted by molar-refractivity contribution is 0.0694. The van der Waals surface area contributed by atoms with Crippen molar-refractivity contribution in [2.75, 3.05) is 10.5 Å². The zero-order valence-electron chi connectivity index (χ0n) is 12.1. The highest BCUT2D eigenvalue weighted by Crippen LogP contribution is 2.31. The van der Waals surface area contributed by atoms with E-state index in [4.69, 9.17) is 9.84 Å². The molecule has 0 aromatic heterocycles. The van der Waals surface area contributed by atoms with Crippen LogP contribution in [0, 0.1) is 0 Å². The smallest absolute Gasteiger partial charge is 0.339 e. The topological polar surface area (TPSA) is 92.7 Å². The summed E-state index contributed by atoms with van der Waals surface area (Å²) in [4.78, 5) is 11.2. The van der Waals surface area contributed by atoms with Crippen LogP contribution >= 0.6 is 0 Å². The van der Waals surface area contributed by atoms with Crippen molar-refractivity contribution in [3.63, 3.8) is 0 Å². The van der Waals surface area contributed by atoms with E-state index in [-0.39, 0.29) is 28.5 Å². The number of anilines is 1. The Morgan fingerprint density at radius 2 is 1.74 bits per heavy atom. The van der Waals surface area contributed by atoms with Crippen molar-refractivity contribution in [2.45, 2.75) is 0 Å². The summed E-state index contributed by atoms with van der Waals surface area (Å²) in [5, 5.41) is 9.17. The first-order chi connectivity index (χ1) is 10.9. The number of hydrogen-bond acceptors (Lipinski definition) is 4. The quantitative estimate of drug-likeness (QED) is 0.760. The average molecular weight is 333 g/mol. The van der Waals surface area contributed by atoms with Crippen LogP contribution in [-0.4, -0.2) is 25.2 Å². The molecule has 7 heteroatoms. The molecule has 0 atom stereocenters. The maximum atomic E-state index is 11.8. The van der Waals surface area contributed by atoms with Gasteiger partial charge in [-0.1, -0.05) is 30.3 Å². The highest BCUT2D eigenvalue weighted by molar-refractivity contribution is 7.92. The maximum Gasteiger partial charge on any atom is 0.339 e. The third-order valence-electron chi connectivity index (χ3n) is 2.83. The molecule has 0 saturated heterocycles. The van der Waals surface area contributed by atoms with Gasteiger partial charge in [-0.05, 0) is 24.3 Å². The first-order valence-electron chi connectivity index (χ1n) is 6.63. The summed E-state index contributed by atoms with van der Waals surface area (Å²) in [7, 11) is -3.59. The van der Waals surface area contributed by atoms with E-state index in [1.165, 1.54) is 24.3 Å². The number of nitrogens with one attached hydrogen (secondary N) is 1. The second kappa shape index (κ2) is 6.97. The Morgan fingerprint density at radius 3 is 2.39 bits per heavy atom. The zero-order chi connectivity index (χ0) is 16.9. The predicted octanol–water partition coefficient (Wildman–Crippen LogP) is 3.10. The Balaban J connectivity index is 2.35. The summed E-state index contributed by atoms with van der Waals surface area (Å²) >= 11 is 0. The molecule has 6 nitrogen and oxygen atoms in total. The highest BCUT2D eigenvalue weighted by atomic mass is 32.2. The number of benzene rings is 2. The van der Waals surface area contributed by atoms with Gasteiger partial charge in [0, 0.05) is 0 Å². The Kier molecular flexibility index (Phi) is 5.02. The Bertz CT molecular complexity index is 830. The van der Waals surface area contributed by atoms with Crippen molar-refractivity contribution in [2.24, 2.45) is 0 Å². The van der Waals surface area contributed by atoms with Crippen molar-refractivity contribution in [3.8, 4) is 11.5 Å². The molecule has 0 aliphatic heterocycles. The number of sulfonamides is 1. The summed E-state index contributed by atoms with van der Waals surface area (Å²) in [6, 6.07) is 12.5. The van der Waals surface area contributed by atoms with Gasteiger partial charge in [-0.15, -0.1) is 6.58 Å². The molecule has 0 aliphatic carbocycles. The molecule has 0 heterocycles. The molecule has 0 saturated carbocycles. The zero-order valence-corrected chi connectivity index (χ0v) is 12.9. The molecule has 0 amide bonds. The number of hydrogen-bond donors (Lipinski definition) is 2. The largest absolute Gasteiger partial charge is 0.478 e. The summed E-state index contributed by atoms with van der Waals surface area (Å²) in [6.45, 7) is 3.39. The van der Waals surface area contributed by atoms with Gasteiger partial charge in [0.1, 0.15) is 11.3 Å². The lowest BCUT2D eigenvalue weighted by atomic mass is 10.2. The van der Waals surface area contributed by atoms with Gasteiger partial charge >= 0.3 is 5.97 Å². The van der Waals surface area contributed by atoms with Crippen LogP contribution in [0.15, 0.2) is 61.2 Å². The fourth-order valence-corrected chi connectivity index (χ4v) is 2.75. The molecule has 2 rings (SSSR count). The van der Waals surface area contributed by atoms with Gasteiger partial charge in [-0.25, -0.2) is 13.2 Å². The van der Waals surface area contributed by atoms with Crippen molar-refractivity contribution in [3.05, 3.63) is 66.7 Å². The van der Waals surface area contributed by atoms with Gasteiger partial charge in [-0.2, -0.15) is 0 Å². The Labute approximate surface area is 134 Å². The van der Waals surface area contributed by atoms with Crippen molar-refractivity contribution in [1.82, 2.24) is 0 Å². The van der Waals surface area contributed by atoms with E-state index in [9.17, 15) is 13.2 Å². The SMILES string of the molecule is C=CCS(=O)(=O)Nc1ccccc1Oc1ccccc1C(=O)O. The molecule has 120 valence electrons. The fraction of sp³-hybridized carbons (Fsp3) is 0.0625. The molecule has 0 aliphatic rings. The Morgan fingerprint density at radius 1 is 1.13 bits per heavy atom. The summed E-state index contributed by atoms with van der Waals surface area (Å²) in [5.74, 6) is -1.05. The van der Waals surface area contributed by atoms with Crippen LogP contribution in [-0.2, 0) is 10.0 Å². The van der Waals surface area contributed by atoms with Gasteiger partial charge in [0.15, 0.2) is 5.75 Å². The van der Waals surface area contributed by atoms with Gasteiger partial charge in [0.2, 0.25) is 10.0 Å². The third-order valence-corrected chi connectivity index (χ3v) is 4.03. The van der Waals surface area contributed by atoms with E-state index in [1.54, 1.807) is 30.3 Å². The number of carboxylic acids is 1. The molecule has 2 N–H and O–H groups in total. The van der Waals surface area contributed by atoms with Crippen LogP contribution in [0.2, 0.25) is 0 Å². The second-order valence-corrected chi connectivity index (χ2v) is 6.34. The summed E-state index contributed by atoms with van der Waals surface area (Å²) in [6.07, 6.45) is 1.27. The summed E-state index contributed by atoms with van der Waals surface area (Å²) < 4.78 is 31.7. The molecule has 23 heavy (non-hydrogen) atoms. The maximum absolute atomic E-state index is 11.8. The van der Waals surface area contributed by atoms with Crippen LogP contribution in [0.1, 0.15) is 10.4 Å². The van der Waals surface area contributed by atoms with Crippen LogP contribution in [0.5, 0.6) is 11.5 Å². The predicted molar refractivity (Wildman–Crippen MR) is 87.5 cm³/mol. The summed E-state index contributed by atoms with van der Waals surface area (Å²) in [5.41, 5.74) is 0.200. The minimum absolute atomic E-state index is 0.0174. The molecule has 0 fully saturated rings.